The summed E-state index contributed by atoms with van der Waals surface area (Å²) >= 11 is 0. The molecule has 5 heteroatoms. The maximum atomic E-state index is 12.4. The Hall–Kier alpha value is -1.36. The van der Waals surface area contributed by atoms with Crippen LogP contribution >= 0.6 is 0 Å². The molecule has 1 amide bonds. The molecule has 5 nitrogen and oxygen atoms in total. The third-order valence-electron chi connectivity index (χ3n) is 4.05. The number of hydrogen-bond acceptors (Lipinski definition) is 4. The fourth-order valence-electron chi connectivity index (χ4n) is 2.93. The highest BCUT2D eigenvalue weighted by Crippen LogP contribution is 2.22. The van der Waals surface area contributed by atoms with E-state index in [0.717, 1.165) is 50.5 Å². The summed E-state index contributed by atoms with van der Waals surface area (Å²) in [6.45, 7) is 5.59. The first-order valence-corrected chi connectivity index (χ1v) is 7.10. The van der Waals surface area contributed by atoms with E-state index in [9.17, 15) is 4.79 Å². The van der Waals surface area contributed by atoms with Crippen LogP contribution in [0.25, 0.3) is 0 Å². The highest BCUT2D eigenvalue weighted by molar-refractivity contribution is 5.89. The summed E-state index contributed by atoms with van der Waals surface area (Å²) < 4.78 is 5.68. The lowest BCUT2D eigenvalue weighted by Gasteiger charge is -2.29. The average Bonchev–Trinajstić information content (AvgIpc) is 2.80. The van der Waals surface area contributed by atoms with E-state index >= 15 is 0 Å². The van der Waals surface area contributed by atoms with Gasteiger partial charge in [0.15, 0.2) is 0 Å². The Morgan fingerprint density at radius 2 is 2.26 bits per heavy atom. The van der Waals surface area contributed by atoms with E-state index in [1.165, 1.54) is 6.42 Å². The van der Waals surface area contributed by atoms with Crippen LogP contribution in [-0.2, 0) is 13.0 Å². The van der Waals surface area contributed by atoms with Crippen LogP contribution < -0.4 is 0 Å². The van der Waals surface area contributed by atoms with Crippen molar-refractivity contribution in [2.24, 2.45) is 5.92 Å². The number of fused-ring (bicyclic) bond motifs is 1. The minimum absolute atomic E-state index is 0.0383. The summed E-state index contributed by atoms with van der Waals surface area (Å²) in [5.41, 5.74) is 0.933. The number of nitrogens with zero attached hydrogens (tertiary/aromatic N) is 3. The van der Waals surface area contributed by atoms with E-state index in [1.54, 1.807) is 0 Å². The Bertz CT molecular complexity index is 483. The van der Waals surface area contributed by atoms with Gasteiger partial charge in [-0.05, 0) is 25.8 Å². The molecule has 1 atom stereocenters. The summed E-state index contributed by atoms with van der Waals surface area (Å²) in [7, 11) is 2.06. The zero-order valence-electron chi connectivity index (χ0n) is 11.7. The largest absolute Gasteiger partial charge is 0.437 e. The van der Waals surface area contributed by atoms with Crippen LogP contribution in [0.3, 0.4) is 0 Å². The van der Waals surface area contributed by atoms with Gasteiger partial charge in [-0.15, -0.1) is 0 Å². The maximum Gasteiger partial charge on any atom is 0.309 e. The van der Waals surface area contributed by atoms with Gasteiger partial charge >= 0.3 is 5.91 Å². The second-order valence-corrected chi connectivity index (χ2v) is 5.88. The summed E-state index contributed by atoms with van der Waals surface area (Å²) in [5, 5.41) is 0. The second kappa shape index (κ2) is 4.96. The zero-order valence-corrected chi connectivity index (χ0v) is 11.7. The first-order chi connectivity index (χ1) is 9.13. The zero-order chi connectivity index (χ0) is 13.4. The molecule has 1 aromatic rings. The van der Waals surface area contributed by atoms with Gasteiger partial charge in [0.2, 0.25) is 0 Å². The van der Waals surface area contributed by atoms with Gasteiger partial charge in [-0.3, -0.25) is 9.69 Å². The van der Waals surface area contributed by atoms with Crippen LogP contribution in [-0.4, -0.2) is 47.4 Å². The monoisotopic (exact) mass is 263 g/mol. The number of aromatic nitrogens is 1. The van der Waals surface area contributed by atoms with Crippen molar-refractivity contribution in [2.75, 3.05) is 26.7 Å². The molecule has 0 spiro atoms. The lowest BCUT2D eigenvalue weighted by molar-refractivity contribution is 0.0641. The van der Waals surface area contributed by atoms with Crippen LogP contribution in [0.1, 0.15) is 41.9 Å². The van der Waals surface area contributed by atoms with Crippen molar-refractivity contribution < 1.29 is 9.21 Å². The van der Waals surface area contributed by atoms with E-state index < -0.39 is 0 Å². The molecular formula is C14H21N3O2. The van der Waals surface area contributed by atoms with Gasteiger partial charge in [-0.25, -0.2) is 4.98 Å². The van der Waals surface area contributed by atoms with Crippen molar-refractivity contribution in [1.82, 2.24) is 14.8 Å². The van der Waals surface area contributed by atoms with Crippen LogP contribution in [0.4, 0.5) is 0 Å². The molecule has 0 radical (unpaired) electrons. The van der Waals surface area contributed by atoms with Gasteiger partial charge in [-0.1, -0.05) is 6.92 Å². The molecule has 19 heavy (non-hydrogen) atoms. The number of rotatable bonds is 1. The Morgan fingerprint density at radius 1 is 1.42 bits per heavy atom. The molecule has 2 aliphatic heterocycles. The molecule has 0 N–H and O–H groups in total. The summed E-state index contributed by atoms with van der Waals surface area (Å²) in [4.78, 5) is 20.9. The van der Waals surface area contributed by atoms with Crippen LogP contribution in [0.15, 0.2) is 4.42 Å². The standard InChI is InChI=1S/C14H21N3O2/c1-10-4-3-6-17(8-10)14(18)13-15-11-9-16(2)7-5-12(11)19-13/h10H,3-9H2,1-2H3. The summed E-state index contributed by atoms with van der Waals surface area (Å²) in [6, 6.07) is 0. The first kappa shape index (κ1) is 12.7. The summed E-state index contributed by atoms with van der Waals surface area (Å²) in [5.74, 6) is 1.72. The Labute approximate surface area is 113 Å². The number of likely N-dealkylation sites (tertiary alicyclic amines) is 1. The van der Waals surface area contributed by atoms with Gasteiger partial charge in [0.05, 0.1) is 5.69 Å². The molecule has 2 aliphatic rings. The van der Waals surface area contributed by atoms with Crippen molar-refractivity contribution in [3.8, 4) is 0 Å². The lowest BCUT2D eigenvalue weighted by Crippen LogP contribution is -2.39. The third kappa shape index (κ3) is 2.52. The van der Waals surface area contributed by atoms with Crippen molar-refractivity contribution in [2.45, 2.75) is 32.7 Å². The quantitative estimate of drug-likeness (QED) is 0.771. The van der Waals surface area contributed by atoms with Gasteiger partial charge in [0.1, 0.15) is 5.76 Å². The summed E-state index contributed by atoms with van der Waals surface area (Å²) in [6.07, 6.45) is 3.13. The molecule has 1 saturated heterocycles. The number of hydrogen-bond donors (Lipinski definition) is 0. The molecule has 0 aromatic carbocycles. The molecule has 1 unspecified atom stereocenters. The van der Waals surface area contributed by atoms with Crippen molar-refractivity contribution in [3.05, 3.63) is 17.3 Å². The normalized spacial score (nSPS) is 24.3. The average molecular weight is 263 g/mol. The van der Waals surface area contributed by atoms with E-state index in [2.05, 4.69) is 23.9 Å². The number of carbonyl (C=O) groups is 1. The fourth-order valence-corrected chi connectivity index (χ4v) is 2.93. The van der Waals surface area contributed by atoms with Crippen molar-refractivity contribution >= 4 is 5.91 Å². The molecule has 0 bridgehead atoms. The van der Waals surface area contributed by atoms with E-state index in [4.69, 9.17) is 4.42 Å². The lowest BCUT2D eigenvalue weighted by atomic mass is 10.0. The predicted molar refractivity (Wildman–Crippen MR) is 70.8 cm³/mol. The Balaban J connectivity index is 1.77. The van der Waals surface area contributed by atoms with Crippen molar-refractivity contribution in [3.63, 3.8) is 0 Å². The number of carbonyl (C=O) groups excluding carboxylic acids is 1. The molecule has 1 fully saturated rings. The van der Waals surface area contributed by atoms with Gasteiger partial charge < -0.3 is 9.32 Å². The first-order valence-electron chi connectivity index (χ1n) is 7.10. The van der Waals surface area contributed by atoms with E-state index in [0.29, 0.717) is 5.92 Å². The molecule has 1 aromatic heterocycles. The molecule has 0 aliphatic carbocycles. The third-order valence-corrected chi connectivity index (χ3v) is 4.05. The second-order valence-electron chi connectivity index (χ2n) is 5.88. The van der Waals surface area contributed by atoms with Crippen LogP contribution in [0, 0.1) is 5.92 Å². The highest BCUT2D eigenvalue weighted by atomic mass is 16.4. The van der Waals surface area contributed by atoms with Crippen LogP contribution in [0.2, 0.25) is 0 Å². The number of piperidine rings is 1. The van der Waals surface area contributed by atoms with Gasteiger partial charge in [-0.2, -0.15) is 0 Å². The minimum atomic E-state index is -0.0383. The Kier molecular flexibility index (Phi) is 3.31. The number of likely N-dealkylation sites (N-methyl/N-ethyl adjacent to an activating group) is 1. The van der Waals surface area contributed by atoms with Crippen LogP contribution in [0.5, 0.6) is 0 Å². The van der Waals surface area contributed by atoms with Gasteiger partial charge in [0.25, 0.3) is 5.89 Å². The number of oxazole rings is 1. The predicted octanol–water partition coefficient (Wildman–Crippen LogP) is 1.53. The minimum Gasteiger partial charge on any atom is -0.437 e. The smallest absolute Gasteiger partial charge is 0.309 e. The number of amides is 1. The molecular weight excluding hydrogens is 242 g/mol. The highest BCUT2D eigenvalue weighted by Gasteiger charge is 2.28. The molecule has 3 rings (SSSR count). The maximum absolute atomic E-state index is 12.4. The van der Waals surface area contributed by atoms with Gasteiger partial charge in [0, 0.05) is 32.6 Å². The topological polar surface area (TPSA) is 49.6 Å². The Morgan fingerprint density at radius 3 is 3.05 bits per heavy atom. The fraction of sp³-hybridized carbons (Fsp3) is 0.714. The molecule has 3 heterocycles. The molecule has 0 saturated carbocycles. The SMILES string of the molecule is CC1CCCN(C(=O)c2nc3c(o2)CCN(C)C3)C1. The van der Waals surface area contributed by atoms with Crippen molar-refractivity contribution in [1.29, 1.82) is 0 Å². The molecule has 104 valence electrons. The van der Waals surface area contributed by atoms with E-state index in [-0.39, 0.29) is 11.8 Å². The van der Waals surface area contributed by atoms with E-state index in [1.807, 2.05) is 4.90 Å².